The first-order valence-electron chi connectivity index (χ1n) is 2.84. The van der Waals surface area contributed by atoms with E-state index in [1.54, 1.807) is 6.07 Å². The molecule has 13 heavy (non-hydrogen) atoms. The summed E-state index contributed by atoms with van der Waals surface area (Å²) in [5.41, 5.74) is 0. The van der Waals surface area contributed by atoms with Gasteiger partial charge in [-0.05, 0) is 34.1 Å². The minimum Gasteiger partial charge on any atom is -0.282 e. The first-order valence-corrected chi connectivity index (χ1v) is 5.86. The zero-order valence-corrected chi connectivity index (χ0v) is 12.6. The fraction of sp³-hybridized carbons (Fsp3) is 0. The van der Waals surface area contributed by atoms with Gasteiger partial charge in [0, 0.05) is 28.7 Å². The minimum atomic E-state index is -4.13. The molecule has 0 unspecified atom stereocenters. The predicted molar refractivity (Wildman–Crippen MR) is 57.4 cm³/mol. The van der Waals surface area contributed by atoms with Crippen LogP contribution in [-0.2, 0) is 10.1 Å². The Morgan fingerprint density at radius 2 is 1.77 bits per heavy atom. The summed E-state index contributed by atoms with van der Waals surface area (Å²) in [6.45, 7) is 0. The molecule has 7 heteroatoms. The van der Waals surface area contributed by atoms with E-state index in [0.29, 0.717) is 8.95 Å². The Hall–Kier alpha value is 0.726. The molecule has 1 aromatic carbocycles. The van der Waals surface area contributed by atoms with E-state index in [1.165, 1.54) is 12.1 Å². The molecular weight excluding hydrogens is 382 g/mol. The van der Waals surface area contributed by atoms with Crippen molar-refractivity contribution in [2.45, 2.75) is 4.90 Å². The van der Waals surface area contributed by atoms with Gasteiger partial charge in [0.05, 0.1) is 0 Å². The molecule has 1 N–H and O–H groups in total. The van der Waals surface area contributed by atoms with Gasteiger partial charge in [0.15, 0.2) is 0 Å². The SMILES string of the molecule is O=S(=O)(O)c1cc(Br)ccc1Br.[Ga]. The molecule has 0 saturated carbocycles. The molecule has 0 aromatic heterocycles. The average molecular weight is 386 g/mol. The smallest absolute Gasteiger partial charge is 0.282 e. The van der Waals surface area contributed by atoms with E-state index in [1.807, 2.05) is 0 Å². The van der Waals surface area contributed by atoms with Crippen LogP contribution >= 0.6 is 31.9 Å². The molecule has 1 aromatic rings. The van der Waals surface area contributed by atoms with Gasteiger partial charge in [-0.1, -0.05) is 15.9 Å². The zero-order valence-electron chi connectivity index (χ0n) is 6.24. The third-order valence-corrected chi connectivity index (χ3v) is 3.51. The topological polar surface area (TPSA) is 54.4 Å². The van der Waals surface area contributed by atoms with Gasteiger partial charge in [-0.2, -0.15) is 8.42 Å². The summed E-state index contributed by atoms with van der Waals surface area (Å²) >= 11 is 6.10. The van der Waals surface area contributed by atoms with Gasteiger partial charge >= 0.3 is 0 Å². The third-order valence-electron chi connectivity index (χ3n) is 1.17. The van der Waals surface area contributed by atoms with Crippen LogP contribution in [0.5, 0.6) is 0 Å². The van der Waals surface area contributed by atoms with Gasteiger partial charge in [-0.3, -0.25) is 4.55 Å². The first-order chi connectivity index (χ1) is 5.41. The molecule has 0 atom stereocenters. The number of hydrogen-bond acceptors (Lipinski definition) is 2. The van der Waals surface area contributed by atoms with Crippen molar-refractivity contribution in [2.24, 2.45) is 0 Å². The van der Waals surface area contributed by atoms with E-state index in [9.17, 15) is 8.42 Å². The van der Waals surface area contributed by atoms with Gasteiger partial charge in [0.1, 0.15) is 4.90 Å². The van der Waals surface area contributed by atoms with Crippen molar-refractivity contribution < 1.29 is 13.0 Å². The summed E-state index contributed by atoms with van der Waals surface area (Å²) in [6.07, 6.45) is 0. The summed E-state index contributed by atoms with van der Waals surface area (Å²) in [5.74, 6) is 0. The second-order valence-corrected chi connectivity index (χ2v) is 5.21. The van der Waals surface area contributed by atoms with Crippen LogP contribution in [0.15, 0.2) is 32.0 Å². The number of benzene rings is 1. The van der Waals surface area contributed by atoms with Crippen LogP contribution in [0.1, 0.15) is 0 Å². The molecule has 3 nitrogen and oxygen atoms in total. The molecule has 1 rings (SSSR count). The summed E-state index contributed by atoms with van der Waals surface area (Å²) < 4.78 is 31.1. The Balaban J connectivity index is 0.00000144. The van der Waals surface area contributed by atoms with E-state index in [0.717, 1.165) is 0 Å². The standard InChI is InChI=1S/C6H4Br2O3S.Ga/c7-4-1-2-5(8)6(3-4)12(9,10)11;/h1-3H,(H,9,10,11);. The van der Waals surface area contributed by atoms with E-state index in [-0.39, 0.29) is 24.7 Å². The molecule has 0 saturated heterocycles. The zero-order chi connectivity index (χ0) is 9.35. The molecule has 3 radical (unpaired) electrons. The van der Waals surface area contributed by atoms with Crippen molar-refractivity contribution in [3.8, 4) is 0 Å². The Bertz CT molecular complexity index is 404. The summed E-state index contributed by atoms with van der Waals surface area (Å²) in [5, 5.41) is 0. The first kappa shape index (κ1) is 13.7. The molecule has 69 valence electrons. The van der Waals surface area contributed by atoms with Crippen LogP contribution in [0.3, 0.4) is 0 Å². The second kappa shape index (κ2) is 4.99. The van der Waals surface area contributed by atoms with Crippen molar-refractivity contribution in [1.82, 2.24) is 0 Å². The number of hydrogen-bond donors (Lipinski definition) is 1. The Morgan fingerprint density at radius 1 is 1.23 bits per heavy atom. The maximum absolute atomic E-state index is 10.7. The summed E-state index contributed by atoms with van der Waals surface area (Å²) in [6, 6.07) is 4.52. The largest absolute Gasteiger partial charge is 0.295 e. The molecule has 0 aliphatic heterocycles. The van der Waals surface area contributed by atoms with Crippen LogP contribution in [0, 0.1) is 0 Å². The summed E-state index contributed by atoms with van der Waals surface area (Å²) in [4.78, 5) is -0.142. The van der Waals surface area contributed by atoms with Gasteiger partial charge < -0.3 is 0 Å². The average Bonchev–Trinajstić information content (AvgIpc) is 1.92. The van der Waals surface area contributed by atoms with Crippen LogP contribution in [0.2, 0.25) is 0 Å². The second-order valence-electron chi connectivity index (χ2n) is 2.05. The predicted octanol–water partition coefficient (Wildman–Crippen LogP) is 2.08. The quantitative estimate of drug-likeness (QED) is 0.595. The van der Waals surface area contributed by atoms with E-state index < -0.39 is 10.1 Å². The van der Waals surface area contributed by atoms with Crippen LogP contribution < -0.4 is 0 Å². The molecule has 0 fully saturated rings. The van der Waals surface area contributed by atoms with Gasteiger partial charge in [0.25, 0.3) is 10.1 Å². The number of rotatable bonds is 1. The fourth-order valence-corrected chi connectivity index (χ4v) is 2.64. The Morgan fingerprint density at radius 3 is 2.15 bits per heavy atom. The molecular formula is C6H4Br2GaO3S. The maximum atomic E-state index is 10.7. The number of halogens is 2. The van der Waals surface area contributed by atoms with Crippen molar-refractivity contribution in [2.75, 3.05) is 0 Å². The monoisotopic (exact) mass is 383 g/mol. The molecule has 0 spiro atoms. The van der Waals surface area contributed by atoms with Crippen molar-refractivity contribution in [3.63, 3.8) is 0 Å². The molecule has 0 amide bonds. The van der Waals surface area contributed by atoms with Crippen molar-refractivity contribution in [1.29, 1.82) is 0 Å². The normalized spacial score (nSPS) is 10.7. The maximum Gasteiger partial charge on any atom is 0.295 e. The van der Waals surface area contributed by atoms with Crippen LogP contribution in [-0.4, -0.2) is 32.8 Å². The van der Waals surface area contributed by atoms with Gasteiger partial charge in [-0.25, -0.2) is 0 Å². The summed E-state index contributed by atoms with van der Waals surface area (Å²) in [7, 11) is -4.13. The van der Waals surface area contributed by atoms with Crippen LogP contribution in [0.25, 0.3) is 0 Å². The van der Waals surface area contributed by atoms with E-state index >= 15 is 0 Å². The van der Waals surface area contributed by atoms with Crippen molar-refractivity contribution >= 4 is 61.8 Å². The minimum absolute atomic E-state index is 0. The molecule has 0 aliphatic rings. The molecule has 0 aliphatic carbocycles. The Kier molecular flexibility index (Phi) is 5.27. The van der Waals surface area contributed by atoms with E-state index in [4.69, 9.17) is 4.55 Å². The van der Waals surface area contributed by atoms with Crippen LogP contribution in [0.4, 0.5) is 0 Å². The Labute approximate surface area is 106 Å². The van der Waals surface area contributed by atoms with Gasteiger partial charge in [0.2, 0.25) is 0 Å². The van der Waals surface area contributed by atoms with Gasteiger partial charge in [-0.15, -0.1) is 0 Å². The molecule has 0 heterocycles. The molecule has 0 bridgehead atoms. The third kappa shape index (κ3) is 3.76. The van der Waals surface area contributed by atoms with Crippen molar-refractivity contribution in [3.05, 3.63) is 27.1 Å². The fourth-order valence-electron chi connectivity index (χ4n) is 0.675. The van der Waals surface area contributed by atoms with E-state index in [2.05, 4.69) is 31.9 Å².